The number of carbonyl (C=O) groups is 1. The molecule has 0 radical (unpaired) electrons. The molecule has 17 heavy (non-hydrogen) atoms. The number of nitrogens with one attached hydrogen (secondary N) is 2. The van der Waals surface area contributed by atoms with Crippen LogP contribution in [-0.2, 0) is 11.3 Å². The number of carbonyl (C=O) groups excluding carboxylic acids is 1. The predicted octanol–water partition coefficient (Wildman–Crippen LogP) is 1.06. The fourth-order valence-electron chi connectivity index (χ4n) is 1.67. The molecular formula is C13H18N2O2. The van der Waals surface area contributed by atoms with E-state index in [1.54, 1.807) is 7.11 Å². The second-order valence-corrected chi connectivity index (χ2v) is 4.26. The summed E-state index contributed by atoms with van der Waals surface area (Å²) in [6.45, 7) is 0.997. The van der Waals surface area contributed by atoms with Crippen LogP contribution in [0.15, 0.2) is 24.3 Å². The first kappa shape index (κ1) is 11.9. The minimum Gasteiger partial charge on any atom is -0.496 e. The van der Waals surface area contributed by atoms with Crippen molar-refractivity contribution in [2.24, 2.45) is 0 Å². The lowest BCUT2D eigenvalue weighted by Gasteiger charge is -2.09. The summed E-state index contributed by atoms with van der Waals surface area (Å²) in [6, 6.07) is 8.23. The Bertz CT molecular complexity index is 389. The molecule has 0 bridgehead atoms. The molecule has 0 saturated heterocycles. The van der Waals surface area contributed by atoms with E-state index in [4.69, 9.17) is 4.74 Å². The molecule has 0 spiro atoms. The first-order valence-corrected chi connectivity index (χ1v) is 5.91. The summed E-state index contributed by atoms with van der Waals surface area (Å²) in [6.07, 6.45) is 2.25. The number of hydrogen-bond acceptors (Lipinski definition) is 3. The zero-order valence-electron chi connectivity index (χ0n) is 10.0. The topological polar surface area (TPSA) is 50.4 Å². The van der Waals surface area contributed by atoms with Crippen molar-refractivity contribution in [3.63, 3.8) is 0 Å². The van der Waals surface area contributed by atoms with Crippen LogP contribution in [0.4, 0.5) is 0 Å². The van der Waals surface area contributed by atoms with E-state index < -0.39 is 0 Å². The fourth-order valence-corrected chi connectivity index (χ4v) is 1.67. The Morgan fingerprint density at radius 2 is 2.18 bits per heavy atom. The van der Waals surface area contributed by atoms with Gasteiger partial charge >= 0.3 is 0 Å². The third kappa shape index (κ3) is 3.75. The summed E-state index contributed by atoms with van der Waals surface area (Å²) in [4.78, 5) is 11.4. The quantitative estimate of drug-likeness (QED) is 0.774. The van der Waals surface area contributed by atoms with E-state index in [-0.39, 0.29) is 5.91 Å². The highest BCUT2D eigenvalue weighted by Crippen LogP contribution is 2.18. The minimum absolute atomic E-state index is 0.0717. The lowest BCUT2D eigenvalue weighted by atomic mass is 10.2. The Morgan fingerprint density at radius 1 is 1.41 bits per heavy atom. The lowest BCUT2D eigenvalue weighted by Crippen LogP contribution is -2.34. The molecule has 1 fully saturated rings. The third-order valence-electron chi connectivity index (χ3n) is 2.74. The maximum Gasteiger partial charge on any atom is 0.234 e. The van der Waals surface area contributed by atoms with Crippen molar-refractivity contribution in [2.45, 2.75) is 25.4 Å². The molecule has 0 aliphatic heterocycles. The Balaban J connectivity index is 1.74. The average Bonchev–Trinajstić information content (AvgIpc) is 3.13. The molecule has 92 valence electrons. The standard InChI is InChI=1S/C13H18N2O2/c1-17-12-5-3-2-4-10(12)8-14-9-13(16)15-11-6-7-11/h2-5,11,14H,6-9H2,1H3,(H,15,16). The summed E-state index contributed by atoms with van der Waals surface area (Å²) in [5.41, 5.74) is 1.06. The number of amides is 1. The van der Waals surface area contributed by atoms with Gasteiger partial charge in [0.1, 0.15) is 5.75 Å². The number of para-hydroxylation sites is 1. The van der Waals surface area contributed by atoms with Crippen molar-refractivity contribution in [3.8, 4) is 5.75 Å². The summed E-state index contributed by atoms with van der Waals surface area (Å²) in [5, 5.41) is 6.05. The van der Waals surface area contributed by atoms with Crippen LogP contribution in [0.3, 0.4) is 0 Å². The Hall–Kier alpha value is -1.55. The first-order valence-electron chi connectivity index (χ1n) is 5.91. The highest BCUT2D eigenvalue weighted by molar-refractivity contribution is 5.78. The second-order valence-electron chi connectivity index (χ2n) is 4.26. The summed E-state index contributed by atoms with van der Waals surface area (Å²) < 4.78 is 5.24. The van der Waals surface area contributed by atoms with E-state index in [1.807, 2.05) is 24.3 Å². The van der Waals surface area contributed by atoms with Gasteiger partial charge in [-0.2, -0.15) is 0 Å². The number of methoxy groups -OCH3 is 1. The molecule has 1 aliphatic rings. The van der Waals surface area contributed by atoms with Crippen LogP contribution < -0.4 is 15.4 Å². The van der Waals surface area contributed by atoms with Crippen LogP contribution in [0.1, 0.15) is 18.4 Å². The van der Waals surface area contributed by atoms with Gasteiger partial charge in [-0.25, -0.2) is 0 Å². The van der Waals surface area contributed by atoms with Crippen molar-refractivity contribution >= 4 is 5.91 Å². The molecule has 1 aromatic carbocycles. The van der Waals surface area contributed by atoms with Crippen LogP contribution in [0.5, 0.6) is 5.75 Å². The molecule has 2 N–H and O–H groups in total. The minimum atomic E-state index is 0.0717. The van der Waals surface area contributed by atoms with Gasteiger partial charge in [-0.3, -0.25) is 4.79 Å². The summed E-state index contributed by atoms with van der Waals surface area (Å²) in [7, 11) is 1.65. The summed E-state index contributed by atoms with van der Waals surface area (Å²) in [5.74, 6) is 0.921. The van der Waals surface area contributed by atoms with Crippen molar-refractivity contribution in [3.05, 3.63) is 29.8 Å². The molecule has 4 nitrogen and oxygen atoms in total. The number of ether oxygens (including phenoxy) is 1. The molecule has 0 heterocycles. The number of hydrogen-bond donors (Lipinski definition) is 2. The Kier molecular flexibility index (Phi) is 3.98. The van der Waals surface area contributed by atoms with Gasteiger partial charge in [0.25, 0.3) is 0 Å². The van der Waals surface area contributed by atoms with Gasteiger partial charge in [0.05, 0.1) is 13.7 Å². The normalized spacial score (nSPS) is 14.4. The predicted molar refractivity (Wildman–Crippen MR) is 65.9 cm³/mol. The van der Waals surface area contributed by atoms with E-state index in [1.165, 1.54) is 0 Å². The molecule has 1 aliphatic carbocycles. The van der Waals surface area contributed by atoms with Crippen LogP contribution in [0.25, 0.3) is 0 Å². The Morgan fingerprint density at radius 3 is 2.88 bits per heavy atom. The van der Waals surface area contributed by atoms with E-state index >= 15 is 0 Å². The van der Waals surface area contributed by atoms with E-state index in [9.17, 15) is 4.79 Å². The molecule has 0 aromatic heterocycles. The highest BCUT2D eigenvalue weighted by Gasteiger charge is 2.22. The zero-order chi connectivity index (χ0) is 12.1. The largest absolute Gasteiger partial charge is 0.496 e. The van der Waals surface area contributed by atoms with E-state index in [0.29, 0.717) is 19.1 Å². The smallest absolute Gasteiger partial charge is 0.234 e. The zero-order valence-corrected chi connectivity index (χ0v) is 10.0. The van der Waals surface area contributed by atoms with Crippen LogP contribution >= 0.6 is 0 Å². The molecule has 4 heteroatoms. The molecule has 1 amide bonds. The molecular weight excluding hydrogens is 216 g/mol. The number of benzene rings is 1. The van der Waals surface area contributed by atoms with Gasteiger partial charge in [0.2, 0.25) is 5.91 Å². The number of rotatable bonds is 6. The van der Waals surface area contributed by atoms with Crippen molar-refractivity contribution in [1.29, 1.82) is 0 Å². The van der Waals surface area contributed by atoms with Gasteiger partial charge in [0, 0.05) is 18.2 Å². The van der Waals surface area contributed by atoms with Crippen LogP contribution in [0, 0.1) is 0 Å². The highest BCUT2D eigenvalue weighted by atomic mass is 16.5. The fraction of sp³-hybridized carbons (Fsp3) is 0.462. The second kappa shape index (κ2) is 5.68. The average molecular weight is 234 g/mol. The van der Waals surface area contributed by atoms with Gasteiger partial charge in [0.15, 0.2) is 0 Å². The van der Waals surface area contributed by atoms with Crippen LogP contribution in [0.2, 0.25) is 0 Å². The lowest BCUT2D eigenvalue weighted by molar-refractivity contribution is -0.120. The molecule has 1 aromatic rings. The maximum absolute atomic E-state index is 11.4. The van der Waals surface area contributed by atoms with Gasteiger partial charge < -0.3 is 15.4 Å². The van der Waals surface area contributed by atoms with Crippen LogP contribution in [-0.4, -0.2) is 25.6 Å². The first-order chi connectivity index (χ1) is 8.29. The van der Waals surface area contributed by atoms with Gasteiger partial charge in [-0.15, -0.1) is 0 Å². The monoisotopic (exact) mass is 234 g/mol. The summed E-state index contributed by atoms with van der Waals surface area (Å²) >= 11 is 0. The van der Waals surface area contributed by atoms with Crippen molar-refractivity contribution < 1.29 is 9.53 Å². The molecule has 0 unspecified atom stereocenters. The Labute approximate surface area is 101 Å². The molecule has 1 saturated carbocycles. The third-order valence-corrected chi connectivity index (χ3v) is 2.74. The van der Waals surface area contributed by atoms with E-state index in [2.05, 4.69) is 10.6 Å². The molecule has 0 atom stereocenters. The maximum atomic E-state index is 11.4. The van der Waals surface area contributed by atoms with Gasteiger partial charge in [-0.1, -0.05) is 18.2 Å². The van der Waals surface area contributed by atoms with Gasteiger partial charge in [-0.05, 0) is 18.9 Å². The van der Waals surface area contributed by atoms with Crippen molar-refractivity contribution in [2.75, 3.05) is 13.7 Å². The molecule has 2 rings (SSSR count). The SMILES string of the molecule is COc1ccccc1CNCC(=O)NC1CC1. The van der Waals surface area contributed by atoms with Crippen molar-refractivity contribution in [1.82, 2.24) is 10.6 Å². The van der Waals surface area contributed by atoms with E-state index in [0.717, 1.165) is 24.2 Å².